The Labute approximate surface area is 133 Å². The normalized spacial score (nSPS) is 25.0. The summed E-state index contributed by atoms with van der Waals surface area (Å²) in [5.41, 5.74) is -0.698. The first-order valence-corrected chi connectivity index (χ1v) is 7.40. The molecule has 1 saturated heterocycles. The Hall–Kier alpha value is -1.73. The van der Waals surface area contributed by atoms with E-state index in [1.165, 1.54) is 0 Å². The molecule has 0 bridgehead atoms. The Morgan fingerprint density at radius 3 is 2.74 bits per heavy atom. The molecule has 1 fully saturated rings. The van der Waals surface area contributed by atoms with Crippen molar-refractivity contribution in [3.63, 3.8) is 0 Å². The first kappa shape index (κ1) is 17.6. The summed E-state index contributed by atoms with van der Waals surface area (Å²) in [6.45, 7) is 5.11. The molecule has 0 spiro atoms. The number of benzene rings is 1. The molecule has 0 radical (unpaired) electrons. The molecule has 1 aliphatic heterocycles. The summed E-state index contributed by atoms with van der Waals surface area (Å²) in [6, 6.07) is 2.31. The minimum Gasteiger partial charge on any atom is -0.444 e. The van der Waals surface area contributed by atoms with Crippen LogP contribution in [0.25, 0.3) is 0 Å². The van der Waals surface area contributed by atoms with Gasteiger partial charge in [-0.15, -0.1) is 0 Å². The van der Waals surface area contributed by atoms with Crippen LogP contribution in [-0.4, -0.2) is 35.6 Å². The van der Waals surface area contributed by atoms with E-state index in [2.05, 4.69) is 5.32 Å². The van der Waals surface area contributed by atoms with Crippen LogP contribution in [0.5, 0.6) is 0 Å². The standard InChI is InChI=1S/C16H21F2NO4/c1-16(2,3)23-15(21)19-13-7-10(20)8-22-14(13)11-6-9(17)4-5-12(11)18/h4-6,10,13-14,20H,7-8H2,1-3H3,(H,19,21)/t10-,13+,14-/m1/s1. The van der Waals surface area contributed by atoms with E-state index in [0.29, 0.717) is 0 Å². The number of hydrogen-bond acceptors (Lipinski definition) is 4. The van der Waals surface area contributed by atoms with Crippen LogP contribution in [0.1, 0.15) is 38.9 Å². The van der Waals surface area contributed by atoms with Gasteiger partial charge in [0.05, 0.1) is 18.8 Å². The Morgan fingerprint density at radius 1 is 1.39 bits per heavy atom. The Bertz CT molecular complexity index is 574. The molecule has 2 N–H and O–H groups in total. The number of halogens is 2. The molecule has 5 nitrogen and oxygen atoms in total. The van der Waals surface area contributed by atoms with Gasteiger partial charge in [0.15, 0.2) is 0 Å². The highest BCUT2D eigenvalue weighted by Crippen LogP contribution is 2.31. The second kappa shape index (κ2) is 6.80. The van der Waals surface area contributed by atoms with Gasteiger partial charge >= 0.3 is 6.09 Å². The number of carbonyl (C=O) groups excluding carboxylic acids is 1. The molecule has 1 aliphatic rings. The number of alkyl carbamates (subject to hydrolysis) is 1. The van der Waals surface area contributed by atoms with Crippen LogP contribution in [0.4, 0.5) is 13.6 Å². The van der Waals surface area contributed by atoms with Crippen molar-refractivity contribution in [2.24, 2.45) is 0 Å². The zero-order valence-electron chi connectivity index (χ0n) is 13.3. The number of carbonyl (C=O) groups is 1. The quantitative estimate of drug-likeness (QED) is 0.875. The van der Waals surface area contributed by atoms with Gasteiger partial charge < -0.3 is 19.9 Å². The average molecular weight is 329 g/mol. The molecule has 3 atom stereocenters. The number of amides is 1. The van der Waals surface area contributed by atoms with E-state index in [0.717, 1.165) is 18.2 Å². The first-order chi connectivity index (χ1) is 10.7. The number of ether oxygens (including phenoxy) is 2. The molecular weight excluding hydrogens is 308 g/mol. The third-order valence-electron chi connectivity index (χ3n) is 3.33. The van der Waals surface area contributed by atoms with Crippen molar-refractivity contribution in [3.05, 3.63) is 35.4 Å². The van der Waals surface area contributed by atoms with Gasteiger partial charge in [0.25, 0.3) is 0 Å². The smallest absolute Gasteiger partial charge is 0.407 e. The number of hydrogen-bond donors (Lipinski definition) is 2. The summed E-state index contributed by atoms with van der Waals surface area (Å²) in [6.07, 6.45) is -2.26. The fourth-order valence-electron chi connectivity index (χ4n) is 2.45. The van der Waals surface area contributed by atoms with E-state index < -0.39 is 41.6 Å². The minimum absolute atomic E-state index is 0.00189. The van der Waals surface area contributed by atoms with Crippen molar-refractivity contribution in [1.29, 1.82) is 0 Å². The van der Waals surface area contributed by atoms with E-state index in [9.17, 15) is 18.7 Å². The van der Waals surface area contributed by atoms with Gasteiger partial charge in [0.2, 0.25) is 0 Å². The lowest BCUT2D eigenvalue weighted by Gasteiger charge is -2.35. The van der Waals surface area contributed by atoms with Crippen molar-refractivity contribution >= 4 is 6.09 Å². The highest BCUT2D eigenvalue weighted by Gasteiger charge is 2.35. The Morgan fingerprint density at radius 2 is 2.09 bits per heavy atom. The SMILES string of the molecule is CC(C)(C)OC(=O)N[C@H]1C[C@@H](O)CO[C@@H]1c1cc(F)ccc1F. The van der Waals surface area contributed by atoms with Gasteiger partial charge in [-0.25, -0.2) is 13.6 Å². The molecule has 7 heteroatoms. The second-order valence-corrected chi connectivity index (χ2v) is 6.56. The molecule has 1 amide bonds. The number of aliphatic hydroxyl groups is 1. The Balaban J connectivity index is 2.19. The zero-order chi connectivity index (χ0) is 17.2. The van der Waals surface area contributed by atoms with Gasteiger partial charge in [-0.05, 0) is 45.4 Å². The number of nitrogens with one attached hydrogen (secondary N) is 1. The van der Waals surface area contributed by atoms with Gasteiger partial charge in [0, 0.05) is 5.56 Å². The lowest BCUT2D eigenvalue weighted by molar-refractivity contribution is -0.0779. The summed E-state index contributed by atoms with van der Waals surface area (Å²) in [7, 11) is 0. The molecule has 0 unspecified atom stereocenters. The molecule has 128 valence electrons. The molecule has 1 heterocycles. The van der Waals surface area contributed by atoms with E-state index in [1.54, 1.807) is 20.8 Å². The molecule has 1 aromatic rings. The number of aliphatic hydroxyl groups excluding tert-OH is 1. The van der Waals surface area contributed by atoms with Crippen molar-refractivity contribution in [3.8, 4) is 0 Å². The highest BCUT2D eigenvalue weighted by molar-refractivity contribution is 5.68. The van der Waals surface area contributed by atoms with Crippen LogP contribution in [0.3, 0.4) is 0 Å². The molecular formula is C16H21F2NO4. The van der Waals surface area contributed by atoms with Gasteiger partial charge in [-0.1, -0.05) is 0 Å². The van der Waals surface area contributed by atoms with E-state index in [1.807, 2.05) is 0 Å². The predicted molar refractivity (Wildman–Crippen MR) is 78.8 cm³/mol. The summed E-state index contributed by atoms with van der Waals surface area (Å²) in [4.78, 5) is 11.9. The van der Waals surface area contributed by atoms with Crippen molar-refractivity contribution in [1.82, 2.24) is 5.32 Å². The topological polar surface area (TPSA) is 67.8 Å². The Kier molecular flexibility index (Phi) is 5.21. The molecule has 2 rings (SSSR count). The molecule has 0 aromatic heterocycles. The molecule has 1 aromatic carbocycles. The lowest BCUT2D eigenvalue weighted by Crippen LogP contribution is -2.48. The predicted octanol–water partition coefficient (Wildman–Crippen LogP) is 2.68. The van der Waals surface area contributed by atoms with Crippen LogP contribution in [0.15, 0.2) is 18.2 Å². The molecule has 0 aliphatic carbocycles. The monoisotopic (exact) mass is 329 g/mol. The summed E-state index contributed by atoms with van der Waals surface area (Å²) >= 11 is 0. The summed E-state index contributed by atoms with van der Waals surface area (Å²) < 4.78 is 38.0. The van der Waals surface area contributed by atoms with E-state index >= 15 is 0 Å². The summed E-state index contributed by atoms with van der Waals surface area (Å²) in [5, 5.41) is 12.3. The number of rotatable bonds is 2. The largest absolute Gasteiger partial charge is 0.444 e. The fraction of sp³-hybridized carbons (Fsp3) is 0.562. The van der Waals surface area contributed by atoms with Crippen molar-refractivity contribution in [2.45, 2.75) is 51.0 Å². The maximum atomic E-state index is 14.0. The highest BCUT2D eigenvalue weighted by atomic mass is 19.1. The maximum Gasteiger partial charge on any atom is 0.407 e. The van der Waals surface area contributed by atoms with Gasteiger partial charge in [0.1, 0.15) is 23.3 Å². The van der Waals surface area contributed by atoms with Crippen LogP contribution < -0.4 is 5.32 Å². The maximum absolute atomic E-state index is 14.0. The van der Waals surface area contributed by atoms with Crippen LogP contribution in [-0.2, 0) is 9.47 Å². The van der Waals surface area contributed by atoms with Crippen LogP contribution in [0.2, 0.25) is 0 Å². The zero-order valence-corrected chi connectivity index (χ0v) is 13.3. The third kappa shape index (κ3) is 4.87. The average Bonchev–Trinajstić information content (AvgIpc) is 2.40. The van der Waals surface area contributed by atoms with Gasteiger partial charge in [-0.3, -0.25) is 0 Å². The lowest BCUT2D eigenvalue weighted by atomic mass is 9.94. The second-order valence-electron chi connectivity index (χ2n) is 6.56. The summed E-state index contributed by atoms with van der Waals surface area (Å²) in [5.74, 6) is -1.24. The van der Waals surface area contributed by atoms with Gasteiger partial charge in [-0.2, -0.15) is 0 Å². The molecule has 0 saturated carbocycles. The fourth-order valence-corrected chi connectivity index (χ4v) is 2.45. The minimum atomic E-state index is -0.901. The van der Waals surface area contributed by atoms with Crippen LogP contribution >= 0.6 is 0 Å². The van der Waals surface area contributed by atoms with Crippen molar-refractivity contribution < 1.29 is 28.2 Å². The van der Waals surface area contributed by atoms with E-state index in [-0.39, 0.29) is 18.6 Å². The van der Waals surface area contributed by atoms with E-state index in [4.69, 9.17) is 9.47 Å². The third-order valence-corrected chi connectivity index (χ3v) is 3.33. The molecule has 23 heavy (non-hydrogen) atoms. The van der Waals surface area contributed by atoms with Crippen molar-refractivity contribution in [2.75, 3.05) is 6.61 Å². The first-order valence-electron chi connectivity index (χ1n) is 7.40. The van der Waals surface area contributed by atoms with Crippen LogP contribution in [0, 0.1) is 11.6 Å².